The smallest absolute Gasteiger partial charge is 0.243 e. The standard InChI is InChI=1S/C10H20N2O/c1-5-9(13)12-10(4,7-11)6-8(2)3/h5,8H,1,6-7,11H2,2-4H3,(H,12,13). The van der Waals surface area contributed by atoms with Crippen molar-refractivity contribution in [1.29, 1.82) is 0 Å². The van der Waals surface area contributed by atoms with Crippen molar-refractivity contribution in [1.82, 2.24) is 5.32 Å². The SMILES string of the molecule is C=CC(=O)NC(C)(CN)CC(C)C. The predicted octanol–water partition coefficient (Wildman–Crippen LogP) is 1.05. The summed E-state index contributed by atoms with van der Waals surface area (Å²) in [7, 11) is 0. The minimum atomic E-state index is -0.306. The maximum absolute atomic E-state index is 11.1. The third-order valence-corrected chi connectivity index (χ3v) is 1.92. The fourth-order valence-corrected chi connectivity index (χ4v) is 1.43. The van der Waals surface area contributed by atoms with Crippen LogP contribution < -0.4 is 11.1 Å². The molecule has 0 bridgehead atoms. The maximum Gasteiger partial charge on any atom is 0.243 e. The highest BCUT2D eigenvalue weighted by Crippen LogP contribution is 2.14. The van der Waals surface area contributed by atoms with E-state index in [1.807, 2.05) is 6.92 Å². The van der Waals surface area contributed by atoms with Crippen molar-refractivity contribution < 1.29 is 4.79 Å². The number of rotatable bonds is 5. The second-order valence-electron chi connectivity index (χ2n) is 4.06. The second kappa shape index (κ2) is 5.02. The van der Waals surface area contributed by atoms with E-state index in [-0.39, 0.29) is 11.4 Å². The van der Waals surface area contributed by atoms with Gasteiger partial charge in [0.15, 0.2) is 0 Å². The summed E-state index contributed by atoms with van der Waals surface area (Å²) in [6.07, 6.45) is 2.15. The summed E-state index contributed by atoms with van der Waals surface area (Å²) in [5, 5.41) is 2.84. The molecular formula is C10H20N2O. The topological polar surface area (TPSA) is 55.1 Å². The Bertz CT molecular complexity index is 189. The van der Waals surface area contributed by atoms with Crippen molar-refractivity contribution in [2.24, 2.45) is 11.7 Å². The number of hydrogen-bond donors (Lipinski definition) is 2. The average Bonchev–Trinajstić information content (AvgIpc) is 2.02. The Morgan fingerprint density at radius 3 is 2.54 bits per heavy atom. The lowest BCUT2D eigenvalue weighted by Gasteiger charge is -2.30. The zero-order chi connectivity index (χ0) is 10.5. The first-order chi connectivity index (χ1) is 5.93. The predicted molar refractivity (Wildman–Crippen MR) is 55.3 cm³/mol. The summed E-state index contributed by atoms with van der Waals surface area (Å²) < 4.78 is 0. The molecule has 0 aromatic heterocycles. The molecule has 13 heavy (non-hydrogen) atoms. The number of nitrogens with two attached hydrogens (primary N) is 1. The van der Waals surface area contributed by atoms with Crippen LogP contribution >= 0.6 is 0 Å². The van der Waals surface area contributed by atoms with Gasteiger partial charge in [0.1, 0.15) is 0 Å². The zero-order valence-electron chi connectivity index (χ0n) is 8.76. The van der Waals surface area contributed by atoms with Crippen molar-refractivity contribution in [3.05, 3.63) is 12.7 Å². The van der Waals surface area contributed by atoms with Crippen LogP contribution in [-0.4, -0.2) is 18.0 Å². The molecule has 0 aliphatic rings. The van der Waals surface area contributed by atoms with Gasteiger partial charge in [0.25, 0.3) is 0 Å². The number of carbonyl (C=O) groups is 1. The van der Waals surface area contributed by atoms with Gasteiger partial charge >= 0.3 is 0 Å². The summed E-state index contributed by atoms with van der Waals surface area (Å²) in [5.41, 5.74) is 5.30. The Labute approximate surface area is 80.4 Å². The number of nitrogens with one attached hydrogen (secondary N) is 1. The largest absolute Gasteiger partial charge is 0.346 e. The molecule has 0 saturated heterocycles. The van der Waals surface area contributed by atoms with Crippen LogP contribution in [0.25, 0.3) is 0 Å². The van der Waals surface area contributed by atoms with Gasteiger partial charge in [-0.15, -0.1) is 0 Å². The normalized spacial score (nSPS) is 15.2. The van der Waals surface area contributed by atoms with Gasteiger partial charge in [-0.25, -0.2) is 0 Å². The zero-order valence-corrected chi connectivity index (χ0v) is 8.76. The molecule has 0 aromatic rings. The molecular weight excluding hydrogens is 164 g/mol. The van der Waals surface area contributed by atoms with E-state index in [2.05, 4.69) is 25.7 Å². The van der Waals surface area contributed by atoms with Crippen LogP contribution in [0.2, 0.25) is 0 Å². The number of amides is 1. The monoisotopic (exact) mass is 184 g/mol. The summed E-state index contributed by atoms with van der Waals surface area (Å²) in [5.74, 6) is 0.354. The van der Waals surface area contributed by atoms with Gasteiger partial charge in [0, 0.05) is 12.1 Å². The van der Waals surface area contributed by atoms with Crippen LogP contribution in [0.4, 0.5) is 0 Å². The third kappa shape index (κ3) is 4.68. The molecule has 0 saturated carbocycles. The molecule has 0 heterocycles. The van der Waals surface area contributed by atoms with Crippen LogP contribution in [0.5, 0.6) is 0 Å². The van der Waals surface area contributed by atoms with Gasteiger partial charge in [0.05, 0.1) is 0 Å². The first-order valence-electron chi connectivity index (χ1n) is 4.58. The highest BCUT2D eigenvalue weighted by Gasteiger charge is 2.24. The van der Waals surface area contributed by atoms with Gasteiger partial charge in [0.2, 0.25) is 5.91 Å². The van der Waals surface area contributed by atoms with E-state index >= 15 is 0 Å². The fourth-order valence-electron chi connectivity index (χ4n) is 1.43. The Morgan fingerprint density at radius 1 is 1.69 bits per heavy atom. The fraction of sp³-hybridized carbons (Fsp3) is 0.700. The first-order valence-corrected chi connectivity index (χ1v) is 4.58. The second-order valence-corrected chi connectivity index (χ2v) is 4.06. The highest BCUT2D eigenvalue weighted by atomic mass is 16.1. The molecule has 3 nitrogen and oxygen atoms in total. The minimum Gasteiger partial charge on any atom is -0.346 e. The van der Waals surface area contributed by atoms with Crippen molar-refractivity contribution in [2.45, 2.75) is 32.7 Å². The molecule has 0 fully saturated rings. The van der Waals surface area contributed by atoms with Gasteiger partial charge in [-0.1, -0.05) is 20.4 Å². The van der Waals surface area contributed by atoms with E-state index in [4.69, 9.17) is 5.73 Å². The summed E-state index contributed by atoms with van der Waals surface area (Å²) in [4.78, 5) is 11.1. The van der Waals surface area contributed by atoms with Crippen LogP contribution in [0, 0.1) is 5.92 Å². The van der Waals surface area contributed by atoms with Crippen molar-refractivity contribution >= 4 is 5.91 Å². The highest BCUT2D eigenvalue weighted by molar-refractivity contribution is 5.87. The molecule has 3 heteroatoms. The molecule has 0 radical (unpaired) electrons. The summed E-state index contributed by atoms with van der Waals surface area (Å²) >= 11 is 0. The van der Waals surface area contributed by atoms with E-state index in [1.54, 1.807) is 0 Å². The Kier molecular flexibility index (Phi) is 4.70. The molecule has 0 aliphatic carbocycles. The van der Waals surface area contributed by atoms with E-state index in [0.717, 1.165) is 6.42 Å². The van der Waals surface area contributed by atoms with E-state index in [0.29, 0.717) is 12.5 Å². The lowest BCUT2D eigenvalue weighted by molar-refractivity contribution is -0.118. The van der Waals surface area contributed by atoms with Crippen LogP contribution in [-0.2, 0) is 4.79 Å². The Balaban J connectivity index is 4.26. The van der Waals surface area contributed by atoms with Gasteiger partial charge in [-0.2, -0.15) is 0 Å². The van der Waals surface area contributed by atoms with Crippen molar-refractivity contribution in [3.8, 4) is 0 Å². The minimum absolute atomic E-state index is 0.159. The molecule has 1 unspecified atom stereocenters. The molecule has 1 amide bonds. The van der Waals surface area contributed by atoms with Gasteiger partial charge in [-0.05, 0) is 25.3 Å². The van der Waals surface area contributed by atoms with Crippen LogP contribution in [0.3, 0.4) is 0 Å². The summed E-state index contributed by atoms with van der Waals surface area (Å²) in [6.45, 7) is 10.0. The molecule has 0 aliphatic heterocycles. The van der Waals surface area contributed by atoms with Gasteiger partial charge < -0.3 is 11.1 Å². The maximum atomic E-state index is 11.1. The van der Waals surface area contributed by atoms with Crippen LogP contribution in [0.1, 0.15) is 27.2 Å². The molecule has 3 N–H and O–H groups in total. The van der Waals surface area contributed by atoms with Crippen molar-refractivity contribution in [2.75, 3.05) is 6.54 Å². The molecule has 0 rings (SSSR count). The van der Waals surface area contributed by atoms with Crippen molar-refractivity contribution in [3.63, 3.8) is 0 Å². The Morgan fingerprint density at radius 2 is 2.23 bits per heavy atom. The number of hydrogen-bond acceptors (Lipinski definition) is 2. The lowest BCUT2D eigenvalue weighted by Crippen LogP contribution is -2.51. The third-order valence-electron chi connectivity index (χ3n) is 1.92. The first kappa shape index (κ1) is 12.2. The molecule has 76 valence electrons. The Hall–Kier alpha value is -0.830. The number of carbonyl (C=O) groups excluding carboxylic acids is 1. The average molecular weight is 184 g/mol. The quantitative estimate of drug-likeness (QED) is 0.627. The van der Waals surface area contributed by atoms with Crippen LogP contribution in [0.15, 0.2) is 12.7 Å². The van der Waals surface area contributed by atoms with E-state index < -0.39 is 0 Å². The molecule has 1 atom stereocenters. The molecule has 0 spiro atoms. The molecule has 0 aromatic carbocycles. The van der Waals surface area contributed by atoms with E-state index in [9.17, 15) is 4.79 Å². The van der Waals surface area contributed by atoms with Gasteiger partial charge in [-0.3, -0.25) is 4.79 Å². The lowest BCUT2D eigenvalue weighted by atomic mass is 9.91. The summed E-state index contributed by atoms with van der Waals surface area (Å²) in [6, 6.07) is 0. The van der Waals surface area contributed by atoms with E-state index in [1.165, 1.54) is 6.08 Å².